The molecule has 2 atom stereocenters. The SMILES string of the molecule is COc1cc(F)c([C@@H]2CN(c3c(C)ccn(C(F)(F)C(=O)N4CCOCC4)c3=O)C(=O)C2NC(=O)c2ccc(OC(F)F)cc2)c(F)c1. The Labute approximate surface area is 268 Å². The van der Waals surface area contributed by atoms with E-state index in [1.165, 1.54) is 6.92 Å². The molecular formula is C31H28F6N4O7. The first-order valence-corrected chi connectivity index (χ1v) is 14.4. The van der Waals surface area contributed by atoms with Crippen LogP contribution in [-0.4, -0.2) is 79.8 Å². The van der Waals surface area contributed by atoms with Crippen molar-refractivity contribution in [3.8, 4) is 11.5 Å². The Morgan fingerprint density at radius 1 is 1.00 bits per heavy atom. The van der Waals surface area contributed by atoms with E-state index in [1.54, 1.807) is 0 Å². The lowest BCUT2D eigenvalue weighted by atomic mass is 9.92. The molecule has 2 saturated heterocycles. The van der Waals surface area contributed by atoms with Crippen LogP contribution in [0.4, 0.5) is 32.0 Å². The molecule has 0 radical (unpaired) electrons. The number of benzene rings is 2. The Hall–Kier alpha value is -5.06. The molecule has 2 aromatic carbocycles. The molecule has 1 aromatic heterocycles. The van der Waals surface area contributed by atoms with Gasteiger partial charge in [-0.3, -0.25) is 19.2 Å². The van der Waals surface area contributed by atoms with E-state index in [1.807, 2.05) is 0 Å². The van der Waals surface area contributed by atoms with Gasteiger partial charge in [0, 0.05) is 55.0 Å². The van der Waals surface area contributed by atoms with Crippen molar-refractivity contribution in [1.82, 2.24) is 14.8 Å². The van der Waals surface area contributed by atoms with Crippen molar-refractivity contribution in [2.75, 3.05) is 44.9 Å². The zero-order valence-electron chi connectivity index (χ0n) is 25.4. The number of halogens is 6. The van der Waals surface area contributed by atoms with Crippen LogP contribution in [0.1, 0.15) is 27.4 Å². The van der Waals surface area contributed by atoms with Crippen LogP contribution in [0.25, 0.3) is 0 Å². The number of rotatable bonds is 9. The second-order valence-corrected chi connectivity index (χ2v) is 10.9. The van der Waals surface area contributed by atoms with Gasteiger partial charge in [0.15, 0.2) is 0 Å². The molecule has 0 spiro atoms. The normalized spacial score (nSPS) is 18.3. The van der Waals surface area contributed by atoms with Gasteiger partial charge in [0.2, 0.25) is 5.91 Å². The van der Waals surface area contributed by atoms with Gasteiger partial charge in [-0.25, -0.2) is 13.3 Å². The van der Waals surface area contributed by atoms with Crippen LogP contribution in [0.2, 0.25) is 0 Å². The lowest BCUT2D eigenvalue weighted by molar-refractivity contribution is -0.177. The second kappa shape index (κ2) is 13.6. The number of carbonyl (C=O) groups is 3. The van der Waals surface area contributed by atoms with Crippen LogP contribution in [0.3, 0.4) is 0 Å². The standard InChI is InChI=1S/C31H28F6N4O7/c1-16-7-8-41(31(36,37)29(45)39-9-11-47-12-10-39)28(44)25(16)40-15-20(23-21(32)13-19(46-2)14-22(23)33)24(27(40)43)38-26(42)17-3-5-18(6-4-17)48-30(34)35/h3-8,13-14,20,24,30H,9-12,15H2,1-2H3,(H,38,42)/t20-,24?/m0/s1. The summed E-state index contributed by atoms with van der Waals surface area (Å²) >= 11 is 0. The molecule has 0 saturated carbocycles. The third-order valence-corrected chi connectivity index (χ3v) is 8.00. The van der Waals surface area contributed by atoms with Crippen molar-refractivity contribution >= 4 is 23.4 Å². The Morgan fingerprint density at radius 2 is 1.62 bits per heavy atom. The van der Waals surface area contributed by atoms with Gasteiger partial charge in [-0.2, -0.15) is 17.6 Å². The average Bonchev–Trinajstić information content (AvgIpc) is 3.34. The van der Waals surface area contributed by atoms with E-state index in [4.69, 9.17) is 9.47 Å². The first-order valence-electron chi connectivity index (χ1n) is 14.4. The van der Waals surface area contributed by atoms with Crippen molar-refractivity contribution in [2.24, 2.45) is 0 Å². The average molecular weight is 683 g/mol. The monoisotopic (exact) mass is 682 g/mol. The van der Waals surface area contributed by atoms with Gasteiger partial charge < -0.3 is 29.3 Å². The summed E-state index contributed by atoms with van der Waals surface area (Å²) in [4.78, 5) is 55.2. The minimum Gasteiger partial charge on any atom is -0.497 e. The Bertz CT molecular complexity index is 1760. The van der Waals surface area contributed by atoms with E-state index in [0.717, 1.165) is 59.4 Å². The Balaban J connectivity index is 1.54. The smallest absolute Gasteiger partial charge is 0.411 e. The summed E-state index contributed by atoms with van der Waals surface area (Å²) in [5.41, 5.74) is -2.88. The van der Waals surface area contributed by atoms with E-state index in [9.17, 15) is 28.0 Å². The summed E-state index contributed by atoms with van der Waals surface area (Å²) in [6.45, 7) is -2.72. The number of ether oxygens (including phenoxy) is 3. The highest BCUT2D eigenvalue weighted by molar-refractivity contribution is 6.05. The van der Waals surface area contributed by atoms with Crippen LogP contribution in [0.5, 0.6) is 11.5 Å². The Morgan fingerprint density at radius 3 is 2.21 bits per heavy atom. The molecule has 1 N–H and O–H groups in total. The number of methoxy groups -OCH3 is 1. The van der Waals surface area contributed by atoms with E-state index in [-0.39, 0.29) is 53.5 Å². The zero-order chi connectivity index (χ0) is 34.9. The first kappa shape index (κ1) is 34.3. The zero-order valence-corrected chi connectivity index (χ0v) is 25.4. The number of alkyl halides is 4. The number of carbonyl (C=O) groups excluding carboxylic acids is 3. The summed E-state index contributed by atoms with van der Waals surface area (Å²) < 4.78 is 101. The number of pyridine rings is 1. The molecule has 3 heterocycles. The molecule has 48 heavy (non-hydrogen) atoms. The van der Waals surface area contributed by atoms with Crippen molar-refractivity contribution in [3.05, 3.63) is 87.3 Å². The number of amides is 3. The molecule has 256 valence electrons. The van der Waals surface area contributed by atoms with Gasteiger partial charge in [-0.05, 0) is 42.8 Å². The molecule has 1 unspecified atom stereocenters. The predicted molar refractivity (Wildman–Crippen MR) is 155 cm³/mol. The Kier molecular flexibility index (Phi) is 9.70. The topological polar surface area (TPSA) is 119 Å². The highest BCUT2D eigenvalue weighted by atomic mass is 19.3. The number of aromatic nitrogens is 1. The first-order chi connectivity index (χ1) is 22.7. The molecule has 2 fully saturated rings. The molecule has 2 aliphatic rings. The van der Waals surface area contributed by atoms with E-state index >= 15 is 17.6 Å². The number of anilines is 1. The predicted octanol–water partition coefficient (Wildman–Crippen LogP) is 3.38. The van der Waals surface area contributed by atoms with E-state index < -0.39 is 77.3 Å². The quantitative estimate of drug-likeness (QED) is 0.344. The lowest BCUT2D eigenvalue weighted by Gasteiger charge is -2.31. The minimum atomic E-state index is -4.39. The van der Waals surface area contributed by atoms with Crippen molar-refractivity contribution in [1.29, 1.82) is 0 Å². The van der Waals surface area contributed by atoms with E-state index in [2.05, 4.69) is 10.1 Å². The molecule has 2 aliphatic heterocycles. The maximum atomic E-state index is 15.6. The highest BCUT2D eigenvalue weighted by Gasteiger charge is 2.49. The second-order valence-electron chi connectivity index (χ2n) is 10.9. The van der Waals surface area contributed by atoms with Gasteiger partial charge in [-0.1, -0.05) is 0 Å². The maximum Gasteiger partial charge on any atom is 0.411 e. The van der Waals surface area contributed by atoms with Crippen molar-refractivity contribution < 1.29 is 54.9 Å². The maximum absolute atomic E-state index is 15.6. The highest BCUT2D eigenvalue weighted by Crippen LogP contribution is 2.37. The fraction of sp³-hybridized carbons (Fsp3) is 0.355. The van der Waals surface area contributed by atoms with Crippen LogP contribution >= 0.6 is 0 Å². The van der Waals surface area contributed by atoms with Crippen molar-refractivity contribution in [2.45, 2.75) is 31.5 Å². The van der Waals surface area contributed by atoms with Crippen LogP contribution < -0.4 is 25.2 Å². The van der Waals surface area contributed by atoms with Gasteiger partial charge in [-0.15, -0.1) is 0 Å². The molecule has 5 rings (SSSR count). The third kappa shape index (κ3) is 6.54. The molecule has 3 aromatic rings. The largest absolute Gasteiger partial charge is 0.497 e. The van der Waals surface area contributed by atoms with Crippen molar-refractivity contribution in [3.63, 3.8) is 0 Å². The molecule has 3 amide bonds. The van der Waals surface area contributed by atoms with Crippen LogP contribution in [0.15, 0.2) is 53.5 Å². The van der Waals surface area contributed by atoms with Gasteiger partial charge in [0.25, 0.3) is 11.5 Å². The molecule has 0 bridgehead atoms. The molecule has 11 nitrogen and oxygen atoms in total. The minimum absolute atomic E-state index is 0.00948. The number of hydrogen-bond donors (Lipinski definition) is 1. The third-order valence-electron chi connectivity index (χ3n) is 8.00. The number of morpholine rings is 1. The van der Waals surface area contributed by atoms with Gasteiger partial charge in [0.05, 0.1) is 20.3 Å². The summed E-state index contributed by atoms with van der Waals surface area (Å²) in [6.07, 6.45) is 0.695. The number of nitrogens with zero attached hydrogens (tertiary/aromatic N) is 3. The summed E-state index contributed by atoms with van der Waals surface area (Å²) in [7, 11) is 1.16. The fourth-order valence-electron chi connectivity index (χ4n) is 5.62. The molecular weight excluding hydrogens is 654 g/mol. The number of aryl methyl sites for hydroxylation is 1. The lowest BCUT2D eigenvalue weighted by Crippen LogP contribution is -2.52. The summed E-state index contributed by atoms with van der Waals surface area (Å²) in [6, 6.07) is 0.911. The molecule has 17 heteroatoms. The fourth-order valence-corrected chi connectivity index (χ4v) is 5.62. The van der Waals surface area contributed by atoms with Crippen LogP contribution in [0, 0.1) is 18.6 Å². The van der Waals surface area contributed by atoms with Gasteiger partial charge in [0.1, 0.15) is 34.9 Å². The number of nitrogens with one attached hydrogen (secondary N) is 1. The molecule has 0 aliphatic carbocycles. The number of hydrogen-bond acceptors (Lipinski definition) is 7. The van der Waals surface area contributed by atoms with Gasteiger partial charge >= 0.3 is 18.6 Å². The summed E-state index contributed by atoms with van der Waals surface area (Å²) in [5.74, 6) is -8.04. The summed E-state index contributed by atoms with van der Waals surface area (Å²) in [5, 5.41) is 2.37. The van der Waals surface area contributed by atoms with Crippen LogP contribution in [-0.2, 0) is 20.4 Å². The van der Waals surface area contributed by atoms with E-state index in [0.29, 0.717) is 6.20 Å².